The van der Waals surface area contributed by atoms with Gasteiger partial charge >= 0.3 is 0 Å². The van der Waals surface area contributed by atoms with Crippen LogP contribution in [0.5, 0.6) is 0 Å². The van der Waals surface area contributed by atoms with Gasteiger partial charge in [-0.2, -0.15) is 4.98 Å². The maximum Gasteiger partial charge on any atom is 0.275 e. The van der Waals surface area contributed by atoms with E-state index in [0.717, 1.165) is 0 Å². The van der Waals surface area contributed by atoms with Crippen LogP contribution in [0.25, 0.3) is 0 Å². The molecular weight excluding hydrogens is 116 g/mol. The van der Waals surface area contributed by atoms with Crippen LogP contribution < -0.4 is 5.56 Å². The molecule has 0 unspecified atom stereocenters. The van der Waals surface area contributed by atoms with Crippen molar-refractivity contribution in [3.8, 4) is 0 Å². The number of nitrogens with zero attached hydrogens (tertiary/aromatic N) is 2. The summed E-state index contributed by atoms with van der Waals surface area (Å²) in [5, 5.41) is 0. The monoisotopic (exact) mass is 124 g/mol. The van der Waals surface area contributed by atoms with Gasteiger partial charge in [-0.15, -0.1) is 0 Å². The summed E-state index contributed by atoms with van der Waals surface area (Å²) in [6, 6.07) is 0. The van der Waals surface area contributed by atoms with Crippen molar-refractivity contribution < 1.29 is 0 Å². The van der Waals surface area contributed by atoms with Crippen molar-refractivity contribution >= 4 is 0 Å². The average Bonchev–Trinajstić information content (AvgIpc) is 1.80. The normalized spacial score (nSPS) is 9.56. The van der Waals surface area contributed by atoms with Gasteiger partial charge in [0.2, 0.25) is 0 Å². The molecule has 0 aliphatic rings. The fraction of sp³-hybridized carbons (Fsp3) is 0.333. The van der Waals surface area contributed by atoms with Crippen LogP contribution in [0, 0.1) is 6.92 Å². The van der Waals surface area contributed by atoms with E-state index in [1.165, 1.54) is 6.33 Å². The van der Waals surface area contributed by atoms with Crippen LogP contribution in [0.3, 0.4) is 0 Å². The minimum Gasteiger partial charge on any atom is -0.342 e. The molecule has 48 valence electrons. The molecular formula is C6H8N2O. The number of rotatable bonds is 0. The molecule has 1 aromatic heterocycles. The van der Waals surface area contributed by atoms with E-state index >= 15 is 0 Å². The van der Waals surface area contributed by atoms with Gasteiger partial charge in [0, 0.05) is 18.8 Å². The van der Waals surface area contributed by atoms with Crippen molar-refractivity contribution in [2.75, 3.05) is 0 Å². The Morgan fingerprint density at radius 2 is 2.33 bits per heavy atom. The third kappa shape index (κ3) is 1.16. The molecule has 0 aliphatic heterocycles. The van der Waals surface area contributed by atoms with Crippen LogP contribution in [-0.2, 0) is 7.05 Å². The van der Waals surface area contributed by atoms with Gasteiger partial charge in [-0.05, 0) is 6.92 Å². The first-order valence-corrected chi connectivity index (χ1v) is 2.69. The van der Waals surface area contributed by atoms with Crippen LogP contribution >= 0.6 is 0 Å². The van der Waals surface area contributed by atoms with Gasteiger partial charge in [-0.3, -0.25) is 4.79 Å². The van der Waals surface area contributed by atoms with Crippen LogP contribution in [0.2, 0.25) is 0 Å². The number of hydrogen-bond acceptors (Lipinski definition) is 2. The van der Waals surface area contributed by atoms with E-state index in [2.05, 4.69) is 4.98 Å². The topological polar surface area (TPSA) is 34.9 Å². The molecule has 0 fully saturated rings. The minimum absolute atomic E-state index is 0.145. The van der Waals surface area contributed by atoms with Crippen molar-refractivity contribution in [3.63, 3.8) is 0 Å². The summed E-state index contributed by atoms with van der Waals surface area (Å²) in [5.41, 5.74) is 0.535. The predicted octanol–water partition coefficient (Wildman–Crippen LogP) is 0.0887. The second-order valence-electron chi connectivity index (χ2n) is 2.03. The summed E-state index contributed by atoms with van der Waals surface area (Å²) in [7, 11) is 1.83. The molecule has 9 heavy (non-hydrogen) atoms. The van der Waals surface area contributed by atoms with Gasteiger partial charge < -0.3 is 4.57 Å². The van der Waals surface area contributed by atoms with Crippen molar-refractivity contribution in [2.24, 2.45) is 7.05 Å². The molecule has 0 amide bonds. The third-order valence-electron chi connectivity index (χ3n) is 1.09. The summed E-state index contributed by atoms with van der Waals surface area (Å²) in [6.07, 6.45) is 3.24. The summed E-state index contributed by atoms with van der Waals surface area (Å²) in [4.78, 5) is 14.2. The van der Waals surface area contributed by atoms with Crippen LogP contribution in [-0.4, -0.2) is 9.55 Å². The molecule has 0 spiro atoms. The molecule has 3 nitrogen and oxygen atoms in total. The number of hydrogen-bond donors (Lipinski definition) is 0. The smallest absolute Gasteiger partial charge is 0.275 e. The van der Waals surface area contributed by atoms with E-state index in [-0.39, 0.29) is 5.56 Å². The Hall–Kier alpha value is -1.12. The van der Waals surface area contributed by atoms with Gasteiger partial charge in [0.05, 0.1) is 6.33 Å². The van der Waals surface area contributed by atoms with Gasteiger partial charge in [0.25, 0.3) is 5.56 Å². The third-order valence-corrected chi connectivity index (χ3v) is 1.09. The quantitative estimate of drug-likeness (QED) is 0.491. The predicted molar refractivity (Wildman–Crippen MR) is 34.2 cm³/mol. The van der Waals surface area contributed by atoms with Crippen LogP contribution in [0.4, 0.5) is 0 Å². The average molecular weight is 124 g/mol. The van der Waals surface area contributed by atoms with Crippen molar-refractivity contribution in [1.82, 2.24) is 9.55 Å². The highest BCUT2D eigenvalue weighted by Gasteiger charge is 1.89. The molecule has 0 saturated heterocycles. The van der Waals surface area contributed by atoms with Crippen LogP contribution in [0.1, 0.15) is 5.56 Å². The summed E-state index contributed by atoms with van der Waals surface area (Å²) in [5.74, 6) is 0. The molecule has 0 bridgehead atoms. The molecule has 1 aromatic rings. The molecule has 0 atom stereocenters. The SMILES string of the molecule is Cc1cn(C)cnc1=O. The highest BCUT2D eigenvalue weighted by Crippen LogP contribution is 1.81. The summed E-state index contributed by atoms with van der Waals surface area (Å²) < 4.78 is 1.75. The Morgan fingerprint density at radius 3 is 2.78 bits per heavy atom. The van der Waals surface area contributed by atoms with E-state index in [0.29, 0.717) is 5.56 Å². The lowest BCUT2D eigenvalue weighted by atomic mass is 10.4. The molecule has 0 radical (unpaired) electrons. The molecule has 1 rings (SSSR count). The molecule has 0 aliphatic carbocycles. The lowest BCUT2D eigenvalue weighted by Gasteiger charge is -1.94. The minimum atomic E-state index is -0.145. The number of aryl methyl sites for hydroxylation is 2. The summed E-state index contributed by atoms with van der Waals surface area (Å²) in [6.45, 7) is 1.75. The first-order valence-electron chi connectivity index (χ1n) is 2.69. The second-order valence-corrected chi connectivity index (χ2v) is 2.03. The van der Waals surface area contributed by atoms with Gasteiger partial charge in [0.15, 0.2) is 0 Å². The fourth-order valence-corrected chi connectivity index (χ4v) is 0.639. The maximum atomic E-state index is 10.6. The highest BCUT2D eigenvalue weighted by molar-refractivity contribution is 4.99. The van der Waals surface area contributed by atoms with Crippen molar-refractivity contribution in [1.29, 1.82) is 0 Å². The number of aromatic nitrogens is 2. The Kier molecular flexibility index (Phi) is 1.34. The Labute approximate surface area is 53.0 Å². The Bertz CT molecular complexity index is 264. The van der Waals surface area contributed by atoms with Crippen molar-refractivity contribution in [3.05, 3.63) is 28.4 Å². The van der Waals surface area contributed by atoms with Crippen LogP contribution in [0.15, 0.2) is 17.3 Å². The van der Waals surface area contributed by atoms with Gasteiger partial charge in [0.1, 0.15) is 0 Å². The van der Waals surface area contributed by atoms with Gasteiger partial charge in [-0.25, -0.2) is 0 Å². The van der Waals surface area contributed by atoms with E-state index in [1.54, 1.807) is 17.7 Å². The van der Waals surface area contributed by atoms with Crippen molar-refractivity contribution in [2.45, 2.75) is 6.92 Å². The lowest BCUT2D eigenvalue weighted by Crippen LogP contribution is -2.11. The zero-order chi connectivity index (χ0) is 6.85. The zero-order valence-electron chi connectivity index (χ0n) is 5.46. The second kappa shape index (κ2) is 2.01. The van der Waals surface area contributed by atoms with E-state index in [4.69, 9.17) is 0 Å². The molecule has 0 saturated carbocycles. The Balaban J connectivity index is 3.34. The summed E-state index contributed by atoms with van der Waals surface area (Å²) >= 11 is 0. The molecule has 0 N–H and O–H groups in total. The Morgan fingerprint density at radius 1 is 1.67 bits per heavy atom. The molecule has 1 heterocycles. The first kappa shape index (κ1) is 6.01. The zero-order valence-corrected chi connectivity index (χ0v) is 5.46. The highest BCUT2D eigenvalue weighted by atomic mass is 16.1. The van der Waals surface area contributed by atoms with E-state index < -0.39 is 0 Å². The maximum absolute atomic E-state index is 10.6. The van der Waals surface area contributed by atoms with E-state index in [1.807, 2.05) is 7.05 Å². The lowest BCUT2D eigenvalue weighted by molar-refractivity contribution is 0.840. The molecule has 3 heteroatoms. The standard InChI is InChI=1S/C6H8N2O/c1-5-3-8(2)4-7-6(5)9/h3-4H,1-2H3. The first-order chi connectivity index (χ1) is 4.20. The molecule has 0 aromatic carbocycles. The fourth-order valence-electron chi connectivity index (χ4n) is 0.639. The van der Waals surface area contributed by atoms with E-state index in [9.17, 15) is 4.79 Å². The largest absolute Gasteiger partial charge is 0.342 e. The van der Waals surface area contributed by atoms with Gasteiger partial charge in [-0.1, -0.05) is 0 Å².